The zero-order valence-corrected chi connectivity index (χ0v) is 11.5. The number of hydrogen-bond acceptors (Lipinski definition) is 3. The number of nitrogens with one attached hydrogen (secondary N) is 1. The zero-order chi connectivity index (χ0) is 12.7. The molecule has 1 heterocycles. The molecule has 3 nitrogen and oxygen atoms in total. The predicted molar refractivity (Wildman–Crippen MR) is 73.0 cm³/mol. The van der Waals surface area contributed by atoms with Crippen LogP contribution in [-0.4, -0.2) is 23.0 Å². The first-order chi connectivity index (χ1) is 8.13. The Morgan fingerprint density at radius 2 is 2.24 bits per heavy atom. The van der Waals surface area contributed by atoms with Crippen molar-refractivity contribution in [1.29, 1.82) is 0 Å². The molecule has 0 fully saturated rings. The summed E-state index contributed by atoms with van der Waals surface area (Å²) in [5.41, 5.74) is 0. The molecular weight excluding hydrogens is 236 g/mol. The number of alkyl halides is 1. The monoisotopic (exact) mass is 256 g/mol. The van der Waals surface area contributed by atoms with E-state index in [0.717, 1.165) is 31.0 Å². The molecular formula is C13H21ClN2O. The fraction of sp³-hybridized carbons (Fsp3) is 0.615. The van der Waals surface area contributed by atoms with E-state index in [-0.39, 0.29) is 11.5 Å². The van der Waals surface area contributed by atoms with Gasteiger partial charge in [-0.1, -0.05) is 6.92 Å². The van der Waals surface area contributed by atoms with Crippen LogP contribution >= 0.6 is 11.6 Å². The Bertz CT molecular complexity index is 331. The molecule has 0 bridgehead atoms. The summed E-state index contributed by atoms with van der Waals surface area (Å²) < 4.78 is 5.67. The van der Waals surface area contributed by atoms with Gasteiger partial charge >= 0.3 is 0 Å². The molecule has 0 aliphatic rings. The largest absolute Gasteiger partial charge is 0.487 e. The molecule has 0 saturated heterocycles. The molecule has 0 amide bonds. The number of aromatic nitrogens is 1. The van der Waals surface area contributed by atoms with E-state index < -0.39 is 0 Å². The van der Waals surface area contributed by atoms with Gasteiger partial charge in [-0.3, -0.25) is 0 Å². The maximum Gasteiger partial charge on any atom is 0.168 e. The number of pyridine rings is 1. The van der Waals surface area contributed by atoms with Gasteiger partial charge in [0.25, 0.3) is 0 Å². The molecule has 4 heteroatoms. The molecule has 0 aromatic carbocycles. The third-order valence-electron chi connectivity index (χ3n) is 2.33. The van der Waals surface area contributed by atoms with Crippen molar-refractivity contribution in [2.45, 2.75) is 45.1 Å². The average Bonchev–Trinajstić information content (AvgIpc) is 2.30. The highest BCUT2D eigenvalue weighted by Gasteiger charge is 2.07. The molecule has 0 saturated carbocycles. The van der Waals surface area contributed by atoms with Crippen LogP contribution in [0.2, 0.25) is 0 Å². The van der Waals surface area contributed by atoms with Gasteiger partial charge in [-0.25, -0.2) is 4.98 Å². The Morgan fingerprint density at radius 3 is 2.88 bits per heavy atom. The van der Waals surface area contributed by atoms with Crippen molar-refractivity contribution in [3.63, 3.8) is 0 Å². The molecule has 17 heavy (non-hydrogen) atoms. The SMILES string of the molecule is CCC(Cl)CCNc1ncccc1OC(C)C. The Kier molecular flexibility index (Phi) is 6.12. The number of halogens is 1. The Hall–Kier alpha value is -0.960. The Morgan fingerprint density at radius 1 is 1.47 bits per heavy atom. The first-order valence-electron chi connectivity index (χ1n) is 6.13. The maximum atomic E-state index is 6.06. The van der Waals surface area contributed by atoms with E-state index in [1.807, 2.05) is 26.0 Å². The lowest BCUT2D eigenvalue weighted by Crippen LogP contribution is -2.12. The van der Waals surface area contributed by atoms with E-state index in [1.54, 1.807) is 6.20 Å². The second kappa shape index (κ2) is 7.38. The van der Waals surface area contributed by atoms with Crippen molar-refractivity contribution >= 4 is 17.4 Å². The normalized spacial score (nSPS) is 12.5. The number of anilines is 1. The van der Waals surface area contributed by atoms with Crippen LogP contribution in [0.15, 0.2) is 18.3 Å². The highest BCUT2D eigenvalue weighted by Crippen LogP contribution is 2.22. The average molecular weight is 257 g/mol. The molecule has 1 unspecified atom stereocenters. The van der Waals surface area contributed by atoms with Crippen molar-refractivity contribution in [3.05, 3.63) is 18.3 Å². The summed E-state index contributed by atoms with van der Waals surface area (Å²) >= 11 is 6.06. The highest BCUT2D eigenvalue weighted by atomic mass is 35.5. The molecule has 1 rings (SSSR count). The molecule has 0 aliphatic carbocycles. The number of hydrogen-bond donors (Lipinski definition) is 1. The van der Waals surface area contributed by atoms with Gasteiger partial charge in [0.15, 0.2) is 11.6 Å². The van der Waals surface area contributed by atoms with Crippen LogP contribution in [0, 0.1) is 0 Å². The minimum absolute atomic E-state index is 0.149. The van der Waals surface area contributed by atoms with Crippen LogP contribution in [0.5, 0.6) is 5.75 Å². The summed E-state index contributed by atoms with van der Waals surface area (Å²) in [7, 11) is 0. The minimum Gasteiger partial charge on any atom is -0.487 e. The molecule has 0 aliphatic heterocycles. The Balaban J connectivity index is 2.51. The van der Waals surface area contributed by atoms with E-state index >= 15 is 0 Å². The quantitative estimate of drug-likeness (QED) is 0.756. The van der Waals surface area contributed by atoms with Gasteiger partial charge in [0.1, 0.15) is 0 Å². The lowest BCUT2D eigenvalue weighted by molar-refractivity contribution is 0.243. The lowest BCUT2D eigenvalue weighted by atomic mass is 10.2. The number of nitrogens with zero attached hydrogens (tertiary/aromatic N) is 1. The summed E-state index contributed by atoms with van der Waals surface area (Å²) in [6.07, 6.45) is 3.82. The second-order valence-electron chi connectivity index (χ2n) is 4.24. The third-order valence-corrected chi connectivity index (χ3v) is 2.85. The Labute approximate surface area is 109 Å². The standard InChI is InChI=1S/C13H21ClN2O/c1-4-11(14)7-9-16-13-12(17-10(2)3)6-5-8-15-13/h5-6,8,10-11H,4,7,9H2,1-3H3,(H,15,16). The van der Waals surface area contributed by atoms with E-state index in [1.165, 1.54) is 0 Å². The molecule has 0 spiro atoms. The van der Waals surface area contributed by atoms with Crippen LogP contribution in [0.1, 0.15) is 33.6 Å². The summed E-state index contributed by atoms with van der Waals surface area (Å²) in [5, 5.41) is 3.49. The topological polar surface area (TPSA) is 34.2 Å². The van der Waals surface area contributed by atoms with E-state index in [0.29, 0.717) is 0 Å². The van der Waals surface area contributed by atoms with Crippen LogP contribution in [-0.2, 0) is 0 Å². The van der Waals surface area contributed by atoms with Crippen molar-refractivity contribution in [1.82, 2.24) is 4.98 Å². The molecule has 96 valence electrons. The maximum absolute atomic E-state index is 6.06. The summed E-state index contributed by atoms with van der Waals surface area (Å²) in [5.74, 6) is 1.59. The summed E-state index contributed by atoms with van der Waals surface area (Å²) in [6.45, 7) is 6.91. The van der Waals surface area contributed by atoms with Crippen molar-refractivity contribution in [2.75, 3.05) is 11.9 Å². The number of rotatable bonds is 7. The van der Waals surface area contributed by atoms with Crippen LogP contribution in [0.4, 0.5) is 5.82 Å². The molecule has 1 atom stereocenters. The minimum atomic E-state index is 0.149. The fourth-order valence-corrected chi connectivity index (χ4v) is 1.53. The van der Waals surface area contributed by atoms with Gasteiger partial charge in [0, 0.05) is 18.1 Å². The zero-order valence-electron chi connectivity index (χ0n) is 10.7. The molecule has 1 N–H and O–H groups in total. The van der Waals surface area contributed by atoms with Gasteiger partial charge < -0.3 is 10.1 Å². The third kappa shape index (κ3) is 5.26. The van der Waals surface area contributed by atoms with E-state index in [9.17, 15) is 0 Å². The fourth-order valence-electron chi connectivity index (χ4n) is 1.42. The lowest BCUT2D eigenvalue weighted by Gasteiger charge is -2.14. The van der Waals surface area contributed by atoms with Crippen LogP contribution < -0.4 is 10.1 Å². The van der Waals surface area contributed by atoms with Gasteiger partial charge in [-0.2, -0.15) is 0 Å². The first-order valence-corrected chi connectivity index (χ1v) is 6.56. The van der Waals surface area contributed by atoms with Crippen molar-refractivity contribution < 1.29 is 4.74 Å². The van der Waals surface area contributed by atoms with Gasteiger partial charge in [-0.05, 0) is 38.8 Å². The highest BCUT2D eigenvalue weighted by molar-refractivity contribution is 6.20. The predicted octanol–water partition coefficient (Wildman–Crippen LogP) is 3.69. The van der Waals surface area contributed by atoms with Crippen LogP contribution in [0.3, 0.4) is 0 Å². The molecule has 1 aromatic heterocycles. The molecule has 0 radical (unpaired) electrons. The summed E-state index contributed by atoms with van der Waals surface area (Å²) in [6, 6.07) is 3.80. The summed E-state index contributed by atoms with van der Waals surface area (Å²) in [4.78, 5) is 4.28. The molecule has 1 aromatic rings. The van der Waals surface area contributed by atoms with Crippen molar-refractivity contribution in [2.24, 2.45) is 0 Å². The van der Waals surface area contributed by atoms with E-state index in [4.69, 9.17) is 16.3 Å². The first kappa shape index (κ1) is 14.1. The number of ether oxygens (including phenoxy) is 1. The van der Waals surface area contributed by atoms with Crippen molar-refractivity contribution in [3.8, 4) is 5.75 Å². The van der Waals surface area contributed by atoms with Gasteiger partial charge in [0.05, 0.1) is 6.10 Å². The van der Waals surface area contributed by atoms with Crippen LogP contribution in [0.25, 0.3) is 0 Å². The van der Waals surface area contributed by atoms with Gasteiger partial charge in [-0.15, -0.1) is 11.6 Å². The van der Waals surface area contributed by atoms with Gasteiger partial charge in [0.2, 0.25) is 0 Å². The van der Waals surface area contributed by atoms with E-state index in [2.05, 4.69) is 17.2 Å². The smallest absolute Gasteiger partial charge is 0.168 e. The second-order valence-corrected chi connectivity index (χ2v) is 4.85.